The predicted molar refractivity (Wildman–Crippen MR) is 104 cm³/mol. The Kier molecular flexibility index (Phi) is 5.50. The van der Waals surface area contributed by atoms with Crippen molar-refractivity contribution in [1.29, 1.82) is 0 Å². The molecule has 7 heteroatoms. The van der Waals surface area contributed by atoms with Gasteiger partial charge in [-0.3, -0.25) is 0 Å². The smallest absolute Gasteiger partial charge is 0.317 e. The Morgan fingerprint density at radius 3 is 2.74 bits per heavy atom. The number of nitrogens with one attached hydrogen (secondary N) is 1. The summed E-state index contributed by atoms with van der Waals surface area (Å²) in [6.45, 7) is 2.43. The number of para-hydroxylation sites is 2. The van der Waals surface area contributed by atoms with Crippen LogP contribution in [0.3, 0.4) is 0 Å². The summed E-state index contributed by atoms with van der Waals surface area (Å²) in [5.41, 5.74) is 1.07. The second kappa shape index (κ2) is 8.19. The molecule has 2 amide bonds. The Bertz CT molecular complexity index is 799. The van der Waals surface area contributed by atoms with Gasteiger partial charge >= 0.3 is 6.03 Å². The van der Waals surface area contributed by atoms with Crippen LogP contribution in [-0.4, -0.2) is 49.9 Å². The van der Waals surface area contributed by atoms with E-state index in [1.807, 2.05) is 48.5 Å². The molecule has 2 aliphatic rings. The van der Waals surface area contributed by atoms with Crippen molar-refractivity contribution in [3.8, 4) is 11.5 Å². The van der Waals surface area contributed by atoms with Crippen LogP contribution in [0.15, 0.2) is 53.0 Å². The standard InChI is InChI=1S/C20H21BrN2O4/c21-15-7-5-14(6-8-15)19-12-23(9-10-25-19)20(24)22-11-16-13-26-17-3-1-2-4-18(17)27-16/h1-8,16,19H,9-13H2,(H,22,24)/t16-,19+/m0/s1. The third kappa shape index (κ3) is 4.36. The van der Waals surface area contributed by atoms with Gasteiger partial charge in [-0.2, -0.15) is 0 Å². The summed E-state index contributed by atoms with van der Waals surface area (Å²) in [5, 5.41) is 2.95. The zero-order valence-electron chi connectivity index (χ0n) is 14.8. The van der Waals surface area contributed by atoms with E-state index in [9.17, 15) is 4.79 Å². The van der Waals surface area contributed by atoms with Gasteiger partial charge in [0.05, 0.1) is 19.7 Å². The molecule has 0 spiro atoms. The summed E-state index contributed by atoms with van der Waals surface area (Å²) in [6.07, 6.45) is -0.314. The molecule has 2 aliphatic heterocycles. The van der Waals surface area contributed by atoms with Gasteiger partial charge in [0.1, 0.15) is 12.7 Å². The zero-order chi connectivity index (χ0) is 18.6. The Morgan fingerprint density at radius 1 is 1.15 bits per heavy atom. The van der Waals surface area contributed by atoms with Crippen LogP contribution in [0, 0.1) is 0 Å². The SMILES string of the molecule is O=C(NC[C@H]1COc2ccccc2O1)N1CCO[C@@H](c2ccc(Br)cc2)C1. The van der Waals surface area contributed by atoms with Crippen molar-refractivity contribution in [2.75, 3.05) is 32.8 Å². The fraction of sp³-hybridized carbons (Fsp3) is 0.350. The van der Waals surface area contributed by atoms with Crippen LogP contribution in [0.4, 0.5) is 4.79 Å². The largest absolute Gasteiger partial charge is 0.486 e. The fourth-order valence-electron chi connectivity index (χ4n) is 3.19. The number of carbonyl (C=O) groups is 1. The molecule has 27 heavy (non-hydrogen) atoms. The maximum Gasteiger partial charge on any atom is 0.317 e. The van der Waals surface area contributed by atoms with Gasteiger partial charge in [-0.25, -0.2) is 4.79 Å². The molecule has 0 aliphatic carbocycles. The van der Waals surface area contributed by atoms with Crippen molar-refractivity contribution in [2.24, 2.45) is 0 Å². The van der Waals surface area contributed by atoms with E-state index in [2.05, 4.69) is 21.2 Å². The highest BCUT2D eigenvalue weighted by Crippen LogP contribution is 2.30. The fourth-order valence-corrected chi connectivity index (χ4v) is 3.45. The number of hydrogen-bond acceptors (Lipinski definition) is 4. The number of hydrogen-bond donors (Lipinski definition) is 1. The molecular weight excluding hydrogens is 412 g/mol. The molecule has 2 aromatic rings. The summed E-state index contributed by atoms with van der Waals surface area (Å²) in [5.74, 6) is 1.45. The quantitative estimate of drug-likeness (QED) is 0.807. The number of amides is 2. The Labute approximate surface area is 166 Å². The number of fused-ring (bicyclic) bond motifs is 1. The van der Waals surface area contributed by atoms with Gasteiger partial charge < -0.3 is 24.4 Å². The second-order valence-corrected chi connectivity index (χ2v) is 7.46. The molecule has 0 unspecified atom stereocenters. The molecular formula is C20H21BrN2O4. The molecule has 0 aromatic heterocycles. The van der Waals surface area contributed by atoms with Gasteiger partial charge in [-0.1, -0.05) is 40.2 Å². The van der Waals surface area contributed by atoms with Gasteiger partial charge in [0, 0.05) is 11.0 Å². The van der Waals surface area contributed by atoms with Crippen molar-refractivity contribution >= 4 is 22.0 Å². The highest BCUT2D eigenvalue weighted by Gasteiger charge is 2.27. The summed E-state index contributed by atoms with van der Waals surface area (Å²) in [7, 11) is 0. The molecule has 2 atom stereocenters. The van der Waals surface area contributed by atoms with Crippen molar-refractivity contribution in [3.63, 3.8) is 0 Å². The van der Waals surface area contributed by atoms with E-state index in [-0.39, 0.29) is 18.2 Å². The van der Waals surface area contributed by atoms with Crippen LogP contribution in [0.2, 0.25) is 0 Å². The lowest BCUT2D eigenvalue weighted by Gasteiger charge is -2.34. The van der Waals surface area contributed by atoms with Gasteiger partial charge in [0.2, 0.25) is 0 Å². The third-order valence-electron chi connectivity index (χ3n) is 4.64. The summed E-state index contributed by atoms with van der Waals surface area (Å²) < 4.78 is 18.4. The van der Waals surface area contributed by atoms with Crippen LogP contribution in [0.5, 0.6) is 11.5 Å². The maximum absolute atomic E-state index is 12.6. The van der Waals surface area contributed by atoms with E-state index in [1.165, 1.54) is 0 Å². The number of carbonyl (C=O) groups excluding carboxylic acids is 1. The summed E-state index contributed by atoms with van der Waals surface area (Å²) in [6, 6.07) is 15.4. The number of nitrogens with zero attached hydrogens (tertiary/aromatic N) is 1. The molecule has 6 nitrogen and oxygen atoms in total. The molecule has 1 saturated heterocycles. The molecule has 0 radical (unpaired) electrons. The van der Waals surface area contributed by atoms with Crippen molar-refractivity contribution < 1.29 is 19.0 Å². The van der Waals surface area contributed by atoms with Crippen LogP contribution >= 0.6 is 15.9 Å². The monoisotopic (exact) mass is 432 g/mol. The number of benzene rings is 2. The zero-order valence-corrected chi connectivity index (χ0v) is 16.4. The van der Waals surface area contributed by atoms with Gasteiger partial charge in [0.15, 0.2) is 17.6 Å². The first-order valence-corrected chi connectivity index (χ1v) is 9.76. The first-order valence-electron chi connectivity index (χ1n) is 8.97. The number of ether oxygens (including phenoxy) is 3. The van der Waals surface area contributed by atoms with Crippen LogP contribution in [-0.2, 0) is 4.74 Å². The number of rotatable bonds is 3. The average molecular weight is 433 g/mol. The lowest BCUT2D eigenvalue weighted by Crippen LogP contribution is -2.50. The second-order valence-electron chi connectivity index (χ2n) is 6.54. The first-order chi connectivity index (χ1) is 13.2. The highest BCUT2D eigenvalue weighted by atomic mass is 79.9. The third-order valence-corrected chi connectivity index (χ3v) is 5.17. The topological polar surface area (TPSA) is 60.0 Å². The van der Waals surface area contributed by atoms with E-state index in [0.717, 1.165) is 15.8 Å². The number of halogens is 1. The highest BCUT2D eigenvalue weighted by molar-refractivity contribution is 9.10. The van der Waals surface area contributed by atoms with Crippen LogP contribution in [0.1, 0.15) is 11.7 Å². The first kappa shape index (κ1) is 18.1. The van der Waals surface area contributed by atoms with Crippen molar-refractivity contribution in [3.05, 3.63) is 58.6 Å². The molecule has 4 rings (SSSR count). The van der Waals surface area contributed by atoms with Crippen molar-refractivity contribution in [1.82, 2.24) is 10.2 Å². The number of urea groups is 1. The van der Waals surface area contributed by atoms with E-state index < -0.39 is 0 Å². The summed E-state index contributed by atoms with van der Waals surface area (Å²) >= 11 is 3.44. The predicted octanol–water partition coefficient (Wildman–Crippen LogP) is 3.37. The summed E-state index contributed by atoms with van der Waals surface area (Å²) in [4.78, 5) is 14.4. The lowest BCUT2D eigenvalue weighted by molar-refractivity contribution is -0.0159. The Hall–Kier alpha value is -2.25. The molecule has 0 bridgehead atoms. The van der Waals surface area contributed by atoms with Crippen molar-refractivity contribution in [2.45, 2.75) is 12.2 Å². The van der Waals surface area contributed by atoms with Gasteiger partial charge in [-0.15, -0.1) is 0 Å². The lowest BCUT2D eigenvalue weighted by atomic mass is 10.1. The Balaban J connectivity index is 1.30. The Morgan fingerprint density at radius 2 is 1.93 bits per heavy atom. The molecule has 2 heterocycles. The van der Waals surface area contributed by atoms with E-state index in [0.29, 0.717) is 38.6 Å². The van der Waals surface area contributed by atoms with Gasteiger partial charge in [0.25, 0.3) is 0 Å². The van der Waals surface area contributed by atoms with E-state index in [1.54, 1.807) is 4.90 Å². The minimum Gasteiger partial charge on any atom is -0.486 e. The molecule has 142 valence electrons. The normalized spacial score (nSPS) is 21.6. The van der Waals surface area contributed by atoms with Crippen LogP contribution in [0.25, 0.3) is 0 Å². The minimum absolute atomic E-state index is 0.108. The van der Waals surface area contributed by atoms with Crippen LogP contribution < -0.4 is 14.8 Å². The van der Waals surface area contributed by atoms with Gasteiger partial charge in [-0.05, 0) is 29.8 Å². The van der Waals surface area contributed by atoms with E-state index in [4.69, 9.17) is 14.2 Å². The van der Waals surface area contributed by atoms with E-state index >= 15 is 0 Å². The minimum atomic E-state index is -0.202. The molecule has 0 saturated carbocycles. The molecule has 2 aromatic carbocycles. The maximum atomic E-state index is 12.6. The average Bonchev–Trinajstić information content (AvgIpc) is 2.72. The number of morpholine rings is 1. The molecule has 1 N–H and O–H groups in total. The molecule has 1 fully saturated rings.